The van der Waals surface area contributed by atoms with Crippen molar-refractivity contribution in [2.45, 2.75) is 39.0 Å². The molecule has 4 heteroatoms. The van der Waals surface area contributed by atoms with E-state index in [1.54, 1.807) is 0 Å². The van der Waals surface area contributed by atoms with Crippen LogP contribution in [0.4, 0.5) is 17.1 Å². The average Bonchev–Trinajstić information content (AvgIpc) is 3.19. The minimum Gasteiger partial charge on any atom is -0.310 e. The van der Waals surface area contributed by atoms with Gasteiger partial charge >= 0.3 is 0 Å². The predicted molar refractivity (Wildman–Crippen MR) is 144 cm³/mol. The molecule has 4 aromatic carbocycles. The van der Waals surface area contributed by atoms with Crippen molar-refractivity contribution in [1.29, 1.82) is 0 Å². The molecule has 1 aliphatic carbocycles. The highest BCUT2D eigenvalue weighted by molar-refractivity contribution is 5.96. The van der Waals surface area contributed by atoms with E-state index >= 15 is 0 Å². The molecule has 0 aromatic heterocycles. The lowest BCUT2D eigenvalue weighted by molar-refractivity contribution is 0.0953. The second kappa shape index (κ2) is 9.05. The third-order valence-corrected chi connectivity index (χ3v) is 7.53. The molecule has 4 aromatic rings. The van der Waals surface area contributed by atoms with Gasteiger partial charge in [0, 0.05) is 28.0 Å². The fourth-order valence-electron chi connectivity index (χ4n) is 5.77. The number of hydrazine groups is 1. The van der Waals surface area contributed by atoms with Gasteiger partial charge in [0.25, 0.3) is 5.91 Å². The number of anilines is 3. The molecule has 0 heterocycles. The minimum atomic E-state index is -0.262. The summed E-state index contributed by atoms with van der Waals surface area (Å²) in [6.07, 6.45) is 1.88. The SMILES string of the molecule is CCC1(CC)c2cc(C(=O)NN)ccc2-c2c(C)cc(N(c3ccccc3)c3ccccc3)cc21. The lowest BCUT2D eigenvalue weighted by Gasteiger charge is -2.32. The van der Waals surface area contributed by atoms with E-state index in [-0.39, 0.29) is 11.3 Å². The van der Waals surface area contributed by atoms with E-state index in [9.17, 15) is 4.79 Å². The van der Waals surface area contributed by atoms with Crippen LogP contribution in [0.2, 0.25) is 0 Å². The first-order valence-corrected chi connectivity index (χ1v) is 12.2. The van der Waals surface area contributed by atoms with Crippen molar-refractivity contribution in [2.24, 2.45) is 5.84 Å². The number of aryl methyl sites for hydroxylation is 1. The molecule has 35 heavy (non-hydrogen) atoms. The van der Waals surface area contributed by atoms with Crippen molar-refractivity contribution < 1.29 is 4.79 Å². The Hall–Kier alpha value is -3.89. The molecule has 3 N–H and O–H groups in total. The van der Waals surface area contributed by atoms with Crippen LogP contribution in [0.5, 0.6) is 0 Å². The fraction of sp³-hybridized carbons (Fsp3) is 0.194. The number of carbonyl (C=O) groups excluding carboxylic acids is 1. The molecule has 1 aliphatic rings. The van der Waals surface area contributed by atoms with Crippen molar-refractivity contribution in [3.8, 4) is 11.1 Å². The molecule has 0 spiro atoms. The summed E-state index contributed by atoms with van der Waals surface area (Å²) in [5.74, 6) is 5.19. The van der Waals surface area contributed by atoms with Gasteiger partial charge in [-0.25, -0.2) is 5.84 Å². The number of nitrogens with two attached hydrogens (primary N) is 1. The second-order valence-electron chi connectivity index (χ2n) is 9.21. The van der Waals surface area contributed by atoms with Crippen LogP contribution < -0.4 is 16.2 Å². The zero-order valence-electron chi connectivity index (χ0n) is 20.5. The number of nitrogens with one attached hydrogen (secondary N) is 1. The highest BCUT2D eigenvalue weighted by atomic mass is 16.2. The van der Waals surface area contributed by atoms with Gasteiger partial charge in [0.05, 0.1) is 0 Å². The zero-order valence-corrected chi connectivity index (χ0v) is 20.5. The number of amides is 1. The van der Waals surface area contributed by atoms with Crippen LogP contribution in [0.15, 0.2) is 91.0 Å². The Kier molecular flexibility index (Phi) is 5.91. The van der Waals surface area contributed by atoms with Gasteiger partial charge < -0.3 is 4.90 Å². The van der Waals surface area contributed by atoms with Gasteiger partial charge in [-0.3, -0.25) is 10.2 Å². The summed E-state index contributed by atoms with van der Waals surface area (Å²) >= 11 is 0. The Morgan fingerprint density at radius 2 is 1.40 bits per heavy atom. The quantitative estimate of drug-likeness (QED) is 0.182. The summed E-state index contributed by atoms with van der Waals surface area (Å²) in [5, 5.41) is 0. The van der Waals surface area contributed by atoms with Gasteiger partial charge in [0.15, 0.2) is 0 Å². The number of carbonyl (C=O) groups is 1. The van der Waals surface area contributed by atoms with Crippen LogP contribution in [-0.2, 0) is 5.41 Å². The first-order chi connectivity index (χ1) is 17.0. The molecule has 0 saturated carbocycles. The lowest BCUT2D eigenvalue weighted by atomic mass is 9.73. The summed E-state index contributed by atoms with van der Waals surface area (Å²) in [4.78, 5) is 14.7. The largest absolute Gasteiger partial charge is 0.310 e. The molecule has 1 amide bonds. The number of benzene rings is 4. The lowest BCUT2D eigenvalue weighted by Crippen LogP contribution is -2.30. The van der Waals surface area contributed by atoms with Gasteiger partial charge in [-0.15, -0.1) is 0 Å². The number of hydrogen-bond donors (Lipinski definition) is 2. The number of nitrogen functional groups attached to an aromatic ring is 1. The van der Waals surface area contributed by atoms with Crippen LogP contribution in [0.25, 0.3) is 11.1 Å². The summed E-state index contributed by atoms with van der Waals surface area (Å²) < 4.78 is 0. The smallest absolute Gasteiger partial charge is 0.265 e. The molecule has 0 bridgehead atoms. The van der Waals surface area contributed by atoms with Gasteiger partial charge in [0.2, 0.25) is 0 Å². The molecule has 5 rings (SSSR count). The van der Waals surface area contributed by atoms with Crippen LogP contribution in [0, 0.1) is 6.92 Å². The van der Waals surface area contributed by atoms with Crippen molar-refractivity contribution in [3.63, 3.8) is 0 Å². The maximum atomic E-state index is 12.4. The van der Waals surface area contributed by atoms with E-state index in [1.165, 1.54) is 27.8 Å². The van der Waals surface area contributed by atoms with Crippen molar-refractivity contribution >= 4 is 23.0 Å². The molecule has 0 fully saturated rings. The number of para-hydroxylation sites is 2. The topological polar surface area (TPSA) is 58.4 Å². The van der Waals surface area contributed by atoms with E-state index in [4.69, 9.17) is 5.84 Å². The van der Waals surface area contributed by atoms with E-state index in [0.29, 0.717) is 5.56 Å². The molecule has 0 saturated heterocycles. The first-order valence-electron chi connectivity index (χ1n) is 12.2. The van der Waals surface area contributed by atoms with Crippen LogP contribution >= 0.6 is 0 Å². The Morgan fingerprint density at radius 3 is 1.94 bits per heavy atom. The second-order valence-corrected chi connectivity index (χ2v) is 9.21. The van der Waals surface area contributed by atoms with Crippen LogP contribution in [0.3, 0.4) is 0 Å². The Morgan fingerprint density at radius 1 is 0.800 bits per heavy atom. The third kappa shape index (κ3) is 3.62. The van der Waals surface area contributed by atoms with E-state index in [0.717, 1.165) is 29.9 Å². The van der Waals surface area contributed by atoms with E-state index < -0.39 is 0 Å². The van der Waals surface area contributed by atoms with Crippen LogP contribution in [-0.4, -0.2) is 5.91 Å². The fourth-order valence-corrected chi connectivity index (χ4v) is 5.77. The zero-order chi connectivity index (χ0) is 24.6. The monoisotopic (exact) mass is 461 g/mol. The molecule has 4 nitrogen and oxygen atoms in total. The molecule has 0 aliphatic heterocycles. The molecular weight excluding hydrogens is 430 g/mol. The van der Waals surface area contributed by atoms with Crippen molar-refractivity contribution in [1.82, 2.24) is 5.43 Å². The Labute approximate surface area is 207 Å². The van der Waals surface area contributed by atoms with Crippen molar-refractivity contribution in [3.05, 3.63) is 113 Å². The van der Waals surface area contributed by atoms with E-state index in [1.807, 2.05) is 24.3 Å². The summed E-state index contributed by atoms with van der Waals surface area (Å²) in [6.45, 7) is 6.68. The number of hydrogen-bond acceptors (Lipinski definition) is 3. The van der Waals surface area contributed by atoms with Gasteiger partial charge in [0.1, 0.15) is 0 Å². The Balaban J connectivity index is 1.75. The molecule has 0 unspecified atom stereocenters. The maximum Gasteiger partial charge on any atom is 0.265 e. The van der Waals surface area contributed by atoms with E-state index in [2.05, 4.69) is 97.8 Å². The van der Waals surface area contributed by atoms with Gasteiger partial charge in [-0.1, -0.05) is 56.3 Å². The Bertz CT molecular complexity index is 1340. The molecule has 176 valence electrons. The normalized spacial score (nSPS) is 13.1. The molecule has 0 atom stereocenters. The van der Waals surface area contributed by atoms with Crippen LogP contribution in [0.1, 0.15) is 53.7 Å². The maximum absolute atomic E-state index is 12.4. The minimum absolute atomic E-state index is 0.171. The number of fused-ring (bicyclic) bond motifs is 3. The standard InChI is InChI=1S/C31H31N3O/c1-4-31(5-2)27-19-22(30(35)33-32)16-17-26(27)29-21(3)18-25(20-28(29)31)34(23-12-8-6-9-13-23)24-14-10-7-11-15-24/h6-20H,4-5,32H2,1-3H3,(H,33,35). The summed E-state index contributed by atoms with van der Waals surface area (Å²) in [6, 6.07) is 31.6. The number of nitrogens with zero attached hydrogens (tertiary/aromatic N) is 1. The number of rotatable bonds is 6. The summed E-state index contributed by atoms with van der Waals surface area (Å²) in [5.41, 5.74) is 12.4. The molecular formula is C31H31N3O. The first kappa shape index (κ1) is 22.9. The highest BCUT2D eigenvalue weighted by Crippen LogP contribution is 2.55. The van der Waals surface area contributed by atoms with Gasteiger partial charge in [-0.2, -0.15) is 0 Å². The van der Waals surface area contributed by atoms with Gasteiger partial charge in [-0.05, 0) is 96.1 Å². The molecule has 0 radical (unpaired) electrons. The predicted octanol–water partition coefficient (Wildman–Crippen LogP) is 7.15. The average molecular weight is 462 g/mol. The summed E-state index contributed by atoms with van der Waals surface area (Å²) in [7, 11) is 0. The third-order valence-electron chi connectivity index (χ3n) is 7.53. The van der Waals surface area contributed by atoms with Crippen molar-refractivity contribution in [2.75, 3.05) is 4.90 Å². The highest BCUT2D eigenvalue weighted by Gasteiger charge is 2.42.